The highest BCUT2D eigenvalue weighted by Gasteiger charge is 2.17. The predicted octanol–water partition coefficient (Wildman–Crippen LogP) is 3.23. The Morgan fingerprint density at radius 1 is 1.24 bits per heavy atom. The molecule has 0 radical (unpaired) electrons. The molecular weight excluding hydrogens is 320 g/mol. The highest BCUT2D eigenvalue weighted by atomic mass is 32.2. The first kappa shape index (κ1) is 15.8. The predicted molar refractivity (Wildman–Crippen MR) is 74.9 cm³/mol. The molecule has 0 aliphatic rings. The van der Waals surface area contributed by atoms with Crippen molar-refractivity contribution in [3.8, 4) is 0 Å². The lowest BCUT2D eigenvalue weighted by Crippen LogP contribution is -1.99. The van der Waals surface area contributed by atoms with E-state index in [4.69, 9.17) is 5.26 Å². The fourth-order valence-corrected chi connectivity index (χ4v) is 3.07. The molecule has 0 unspecified atom stereocenters. The third-order valence-corrected chi connectivity index (χ3v) is 4.11. The van der Waals surface area contributed by atoms with Gasteiger partial charge in [0.2, 0.25) is 0 Å². The van der Waals surface area contributed by atoms with E-state index in [1.54, 1.807) is 12.1 Å². The second kappa shape index (κ2) is 6.47. The fraction of sp³-hybridized carbons (Fsp3) is 0.0909. The first-order chi connectivity index (χ1) is 9.97. The lowest BCUT2D eigenvalue weighted by Gasteiger charge is -2.08. The molecule has 112 valence electrons. The van der Waals surface area contributed by atoms with E-state index in [0.717, 1.165) is 0 Å². The molecule has 0 saturated heterocycles. The van der Waals surface area contributed by atoms with E-state index in [2.05, 4.69) is 19.6 Å². The van der Waals surface area contributed by atoms with E-state index in [1.807, 2.05) is 0 Å². The van der Waals surface area contributed by atoms with Gasteiger partial charge in [-0.15, -0.1) is 4.33 Å². The molecule has 0 bridgehead atoms. The second-order valence-corrected chi connectivity index (χ2v) is 5.93. The number of fused-ring (bicyclic) bond motifs is 1. The Kier molecular flexibility index (Phi) is 4.88. The van der Waals surface area contributed by atoms with Crippen molar-refractivity contribution in [2.24, 2.45) is 10.2 Å². The third kappa shape index (κ3) is 3.56. The Morgan fingerprint density at radius 3 is 2.62 bits per heavy atom. The molecule has 0 aliphatic carbocycles. The molecule has 21 heavy (non-hydrogen) atoms. The summed E-state index contributed by atoms with van der Waals surface area (Å²) < 4.78 is 36.5. The minimum Gasteiger partial charge on any atom is -0.282 e. The Hall–Kier alpha value is -1.56. The average molecular weight is 330 g/mol. The zero-order chi connectivity index (χ0) is 15.5. The van der Waals surface area contributed by atoms with Crippen LogP contribution in [-0.2, 0) is 19.5 Å². The molecule has 0 spiro atoms. The molecule has 2 aromatic carbocycles. The van der Waals surface area contributed by atoms with Crippen molar-refractivity contribution in [1.82, 2.24) is 0 Å². The molecule has 8 nitrogen and oxygen atoms in total. The van der Waals surface area contributed by atoms with Gasteiger partial charge in [-0.2, -0.15) is 18.6 Å². The van der Waals surface area contributed by atoms with Gasteiger partial charge in [-0.1, -0.05) is 17.2 Å². The van der Waals surface area contributed by atoms with Crippen molar-refractivity contribution in [2.75, 3.05) is 7.05 Å². The maximum Gasteiger partial charge on any atom is 0.295 e. The molecule has 0 fully saturated rings. The van der Waals surface area contributed by atoms with E-state index in [9.17, 15) is 13.0 Å². The van der Waals surface area contributed by atoms with E-state index < -0.39 is 10.1 Å². The van der Waals surface area contributed by atoms with Crippen molar-refractivity contribution in [1.29, 1.82) is 0 Å². The van der Waals surface area contributed by atoms with Gasteiger partial charge in [0.25, 0.3) is 10.1 Å². The summed E-state index contributed by atoms with van der Waals surface area (Å²) in [7, 11) is -2.94. The molecule has 10 heteroatoms. The van der Waals surface area contributed by atoms with Crippen LogP contribution in [0.25, 0.3) is 10.8 Å². The van der Waals surface area contributed by atoms with Crippen LogP contribution in [0.3, 0.4) is 0 Å². The molecule has 2 N–H and O–H groups in total. The summed E-state index contributed by atoms with van der Waals surface area (Å²) >= 11 is 0.659. The standard InChI is InChI=1S/C11H10N2O6S2/c1-12-13-7-5-9-8(10(6-7)20-19-18-14)3-2-4-11(9)21(15,16)17/h2-6,14H,1H3,(H,15,16,17). The molecule has 0 aliphatic heterocycles. The minimum absolute atomic E-state index is 0.244. The molecular formula is C11H10N2O6S2. The van der Waals surface area contributed by atoms with Gasteiger partial charge in [-0.05, 0) is 23.6 Å². The van der Waals surface area contributed by atoms with Crippen molar-refractivity contribution in [2.45, 2.75) is 9.79 Å². The third-order valence-electron chi connectivity index (χ3n) is 2.55. The van der Waals surface area contributed by atoms with Crippen LogP contribution in [0.5, 0.6) is 0 Å². The minimum atomic E-state index is -4.40. The summed E-state index contributed by atoms with van der Waals surface area (Å²) in [4.78, 5) is 0.161. The maximum atomic E-state index is 11.4. The van der Waals surface area contributed by atoms with Gasteiger partial charge in [0.1, 0.15) is 4.90 Å². The summed E-state index contributed by atoms with van der Waals surface area (Å²) in [6.45, 7) is 0. The van der Waals surface area contributed by atoms with Gasteiger partial charge in [0.05, 0.1) is 17.7 Å². The normalized spacial score (nSPS) is 12.3. The lowest BCUT2D eigenvalue weighted by atomic mass is 10.1. The summed E-state index contributed by atoms with van der Waals surface area (Å²) in [5.41, 5.74) is 0.352. The average Bonchev–Trinajstić information content (AvgIpc) is 2.43. The summed E-state index contributed by atoms with van der Waals surface area (Å²) in [5.74, 6) is 0. The van der Waals surface area contributed by atoms with Crippen molar-refractivity contribution in [3.05, 3.63) is 30.3 Å². The van der Waals surface area contributed by atoms with Crippen LogP contribution < -0.4 is 0 Å². The van der Waals surface area contributed by atoms with Crippen LogP contribution in [-0.4, -0.2) is 25.3 Å². The van der Waals surface area contributed by atoms with Crippen molar-refractivity contribution >= 4 is 38.6 Å². The molecule has 0 atom stereocenters. The SMILES string of the molecule is CN=Nc1cc(SOOO)c2cccc(S(=O)(=O)O)c2c1. The summed E-state index contributed by atoms with van der Waals surface area (Å²) in [6, 6.07) is 7.39. The quantitative estimate of drug-likeness (QED) is 0.284. The first-order valence-electron chi connectivity index (χ1n) is 5.46. The van der Waals surface area contributed by atoms with Crippen LogP contribution >= 0.6 is 12.0 Å². The van der Waals surface area contributed by atoms with Crippen LogP contribution in [0.1, 0.15) is 0 Å². The van der Waals surface area contributed by atoms with Crippen LogP contribution in [0.2, 0.25) is 0 Å². The number of rotatable bonds is 5. The van der Waals surface area contributed by atoms with Crippen molar-refractivity contribution < 1.29 is 27.6 Å². The van der Waals surface area contributed by atoms with Gasteiger partial charge in [0.15, 0.2) is 0 Å². The van der Waals surface area contributed by atoms with Gasteiger partial charge in [0, 0.05) is 17.3 Å². The smallest absolute Gasteiger partial charge is 0.282 e. The number of hydrogen-bond acceptors (Lipinski definition) is 8. The Labute approximate surface area is 124 Å². The van der Waals surface area contributed by atoms with Crippen molar-refractivity contribution in [3.63, 3.8) is 0 Å². The number of benzene rings is 2. The molecule has 2 rings (SSSR count). The summed E-state index contributed by atoms with van der Waals surface area (Å²) in [5, 5.41) is 19.9. The molecule has 0 amide bonds. The van der Waals surface area contributed by atoms with Crippen LogP contribution in [0.15, 0.2) is 50.4 Å². The fourth-order valence-electron chi connectivity index (χ4n) is 1.83. The number of hydrogen-bond donors (Lipinski definition) is 2. The van der Waals surface area contributed by atoms with Gasteiger partial charge in [-0.3, -0.25) is 4.55 Å². The van der Waals surface area contributed by atoms with E-state index in [1.165, 1.54) is 25.2 Å². The van der Waals surface area contributed by atoms with Gasteiger partial charge >= 0.3 is 0 Å². The van der Waals surface area contributed by atoms with Crippen LogP contribution in [0.4, 0.5) is 5.69 Å². The Morgan fingerprint density at radius 2 is 2.00 bits per heavy atom. The maximum absolute atomic E-state index is 11.4. The molecule has 0 aromatic heterocycles. The molecule has 0 heterocycles. The largest absolute Gasteiger partial charge is 0.295 e. The monoisotopic (exact) mass is 330 g/mol. The zero-order valence-corrected chi connectivity index (χ0v) is 12.3. The lowest BCUT2D eigenvalue weighted by molar-refractivity contribution is -0.432. The van der Waals surface area contributed by atoms with Gasteiger partial charge in [-0.25, -0.2) is 5.26 Å². The topological polar surface area (TPSA) is 118 Å². The Bertz CT molecular complexity index is 791. The van der Waals surface area contributed by atoms with E-state index in [0.29, 0.717) is 28.0 Å². The number of azo groups is 1. The number of nitrogens with zero attached hydrogens (tertiary/aromatic N) is 2. The zero-order valence-electron chi connectivity index (χ0n) is 10.6. The van der Waals surface area contributed by atoms with Gasteiger partial charge < -0.3 is 0 Å². The van der Waals surface area contributed by atoms with E-state index >= 15 is 0 Å². The Balaban J connectivity index is 2.78. The van der Waals surface area contributed by atoms with Crippen LogP contribution in [0, 0.1) is 0 Å². The highest BCUT2D eigenvalue weighted by molar-refractivity contribution is 7.94. The summed E-state index contributed by atoms with van der Waals surface area (Å²) in [6.07, 6.45) is 0. The molecule has 0 saturated carbocycles. The second-order valence-electron chi connectivity index (χ2n) is 3.80. The first-order valence-corrected chi connectivity index (χ1v) is 7.64. The van der Waals surface area contributed by atoms with E-state index in [-0.39, 0.29) is 10.3 Å². The molecule has 2 aromatic rings. The highest BCUT2D eigenvalue weighted by Crippen LogP contribution is 2.36.